The fraction of sp³-hybridized carbons (Fsp3) is 0.625. The van der Waals surface area contributed by atoms with E-state index >= 15 is 0 Å². The summed E-state index contributed by atoms with van der Waals surface area (Å²) in [6.45, 7) is 2.57. The molecule has 1 aliphatic heterocycles. The van der Waals surface area contributed by atoms with Crippen molar-refractivity contribution in [3.05, 3.63) is 12.2 Å². The molecule has 1 saturated heterocycles. The molecule has 0 atom stereocenters. The van der Waals surface area contributed by atoms with Gasteiger partial charge in [0.1, 0.15) is 12.2 Å². The highest BCUT2D eigenvalue weighted by Gasteiger charge is 2.18. The van der Waals surface area contributed by atoms with Crippen LogP contribution in [-0.4, -0.2) is 45.2 Å². The van der Waals surface area contributed by atoms with Crippen molar-refractivity contribution in [1.29, 1.82) is 0 Å². The van der Waals surface area contributed by atoms with Crippen molar-refractivity contribution >= 4 is 5.91 Å². The SMILES string of the molecule is Cn1ncnc1CN1CCNCC1=O. The molecule has 0 unspecified atom stereocenters. The van der Waals surface area contributed by atoms with Crippen molar-refractivity contribution in [2.75, 3.05) is 19.6 Å². The molecule has 1 aliphatic rings. The van der Waals surface area contributed by atoms with Gasteiger partial charge in [-0.05, 0) is 0 Å². The molecule has 0 radical (unpaired) electrons. The third kappa shape index (κ3) is 1.74. The van der Waals surface area contributed by atoms with Crippen LogP contribution in [0.5, 0.6) is 0 Å². The Morgan fingerprint density at radius 1 is 1.64 bits per heavy atom. The van der Waals surface area contributed by atoms with Crippen LogP contribution in [0.1, 0.15) is 5.82 Å². The van der Waals surface area contributed by atoms with Crippen LogP contribution < -0.4 is 5.32 Å². The summed E-state index contributed by atoms with van der Waals surface area (Å²) in [6.07, 6.45) is 1.50. The summed E-state index contributed by atoms with van der Waals surface area (Å²) < 4.78 is 1.69. The van der Waals surface area contributed by atoms with Crippen molar-refractivity contribution in [3.63, 3.8) is 0 Å². The summed E-state index contributed by atoms with van der Waals surface area (Å²) in [7, 11) is 1.83. The lowest BCUT2D eigenvalue weighted by atomic mass is 10.3. The minimum Gasteiger partial charge on any atom is -0.333 e. The van der Waals surface area contributed by atoms with Gasteiger partial charge < -0.3 is 10.2 Å². The molecule has 1 aromatic heterocycles. The Hall–Kier alpha value is -1.43. The van der Waals surface area contributed by atoms with Gasteiger partial charge in [-0.2, -0.15) is 5.10 Å². The Kier molecular flexibility index (Phi) is 2.45. The van der Waals surface area contributed by atoms with Gasteiger partial charge in [0, 0.05) is 20.1 Å². The Bertz CT molecular complexity index is 334. The molecule has 1 aromatic rings. The lowest BCUT2D eigenvalue weighted by Gasteiger charge is -2.26. The highest BCUT2D eigenvalue weighted by molar-refractivity contribution is 5.78. The van der Waals surface area contributed by atoms with E-state index in [2.05, 4.69) is 15.4 Å². The molecule has 14 heavy (non-hydrogen) atoms. The van der Waals surface area contributed by atoms with Gasteiger partial charge in [-0.15, -0.1) is 0 Å². The van der Waals surface area contributed by atoms with Gasteiger partial charge in [-0.1, -0.05) is 0 Å². The van der Waals surface area contributed by atoms with E-state index < -0.39 is 0 Å². The lowest BCUT2D eigenvalue weighted by molar-refractivity contribution is -0.132. The molecule has 6 heteroatoms. The standard InChI is InChI=1S/C8H13N5O/c1-12-7(10-6-11-12)5-13-3-2-9-4-8(13)14/h6,9H,2-5H2,1H3. The van der Waals surface area contributed by atoms with Crippen LogP contribution in [0.3, 0.4) is 0 Å². The predicted molar refractivity (Wildman–Crippen MR) is 49.3 cm³/mol. The van der Waals surface area contributed by atoms with E-state index in [1.807, 2.05) is 7.05 Å². The van der Waals surface area contributed by atoms with Crippen molar-refractivity contribution in [1.82, 2.24) is 25.0 Å². The molecule has 0 spiro atoms. The first-order valence-corrected chi connectivity index (χ1v) is 4.59. The predicted octanol–water partition coefficient (Wildman–Crippen LogP) is -1.25. The Morgan fingerprint density at radius 3 is 3.14 bits per heavy atom. The molecular weight excluding hydrogens is 182 g/mol. The maximum Gasteiger partial charge on any atom is 0.236 e. The second-order valence-corrected chi connectivity index (χ2v) is 3.29. The van der Waals surface area contributed by atoms with Gasteiger partial charge in [-0.3, -0.25) is 9.48 Å². The quantitative estimate of drug-likeness (QED) is 0.640. The molecule has 1 amide bonds. The van der Waals surface area contributed by atoms with Gasteiger partial charge in [0.15, 0.2) is 0 Å². The maximum absolute atomic E-state index is 11.4. The fourth-order valence-corrected chi connectivity index (χ4v) is 1.45. The van der Waals surface area contributed by atoms with E-state index in [-0.39, 0.29) is 5.91 Å². The van der Waals surface area contributed by atoms with Crippen LogP contribution in [0, 0.1) is 0 Å². The van der Waals surface area contributed by atoms with E-state index in [0.29, 0.717) is 13.1 Å². The normalized spacial score (nSPS) is 17.5. The number of carbonyl (C=O) groups is 1. The largest absolute Gasteiger partial charge is 0.333 e. The second-order valence-electron chi connectivity index (χ2n) is 3.29. The topological polar surface area (TPSA) is 63.1 Å². The first-order chi connectivity index (χ1) is 6.77. The van der Waals surface area contributed by atoms with Gasteiger partial charge in [0.05, 0.1) is 13.1 Å². The first kappa shape index (κ1) is 9.14. The van der Waals surface area contributed by atoms with Crippen molar-refractivity contribution in [2.24, 2.45) is 7.05 Å². The summed E-state index contributed by atoms with van der Waals surface area (Å²) in [5.74, 6) is 0.944. The number of nitrogens with one attached hydrogen (secondary N) is 1. The molecule has 76 valence electrons. The van der Waals surface area contributed by atoms with Crippen molar-refractivity contribution in [2.45, 2.75) is 6.54 Å². The molecule has 1 N–H and O–H groups in total. The molecular formula is C8H13N5O. The van der Waals surface area contributed by atoms with Gasteiger partial charge in [-0.25, -0.2) is 4.98 Å². The highest BCUT2D eigenvalue weighted by atomic mass is 16.2. The van der Waals surface area contributed by atoms with Gasteiger partial charge in [0.25, 0.3) is 0 Å². The zero-order chi connectivity index (χ0) is 9.97. The van der Waals surface area contributed by atoms with Crippen LogP contribution in [0.4, 0.5) is 0 Å². The average molecular weight is 195 g/mol. The maximum atomic E-state index is 11.4. The molecule has 2 rings (SSSR count). The monoisotopic (exact) mass is 195 g/mol. The van der Waals surface area contributed by atoms with E-state index in [1.165, 1.54) is 6.33 Å². The van der Waals surface area contributed by atoms with Crippen LogP contribution in [0.2, 0.25) is 0 Å². The molecule has 0 bridgehead atoms. The van der Waals surface area contributed by atoms with Gasteiger partial charge in [0.2, 0.25) is 5.91 Å². The van der Waals surface area contributed by atoms with E-state index in [0.717, 1.165) is 18.9 Å². The minimum atomic E-state index is 0.124. The smallest absolute Gasteiger partial charge is 0.236 e. The number of rotatable bonds is 2. The summed E-state index contributed by atoms with van der Waals surface area (Å²) in [5.41, 5.74) is 0. The molecule has 6 nitrogen and oxygen atoms in total. The Balaban J connectivity index is 2.03. The Morgan fingerprint density at radius 2 is 2.50 bits per heavy atom. The van der Waals surface area contributed by atoms with Gasteiger partial charge >= 0.3 is 0 Å². The van der Waals surface area contributed by atoms with Crippen LogP contribution in [0.15, 0.2) is 6.33 Å². The molecule has 0 aliphatic carbocycles. The minimum absolute atomic E-state index is 0.124. The zero-order valence-corrected chi connectivity index (χ0v) is 8.10. The van der Waals surface area contributed by atoms with Crippen molar-refractivity contribution in [3.8, 4) is 0 Å². The highest BCUT2D eigenvalue weighted by Crippen LogP contribution is 2.01. The number of piperazine rings is 1. The number of aromatic nitrogens is 3. The number of hydrogen-bond acceptors (Lipinski definition) is 4. The third-order valence-electron chi connectivity index (χ3n) is 2.32. The average Bonchev–Trinajstić information content (AvgIpc) is 2.56. The number of aryl methyl sites for hydroxylation is 1. The summed E-state index contributed by atoms with van der Waals surface area (Å²) in [6, 6.07) is 0. The summed E-state index contributed by atoms with van der Waals surface area (Å²) in [5, 5.41) is 6.98. The molecule has 1 fully saturated rings. The zero-order valence-electron chi connectivity index (χ0n) is 8.10. The van der Waals surface area contributed by atoms with Crippen molar-refractivity contribution < 1.29 is 4.79 Å². The fourth-order valence-electron chi connectivity index (χ4n) is 1.45. The van der Waals surface area contributed by atoms with E-state index in [1.54, 1.807) is 9.58 Å². The summed E-state index contributed by atoms with van der Waals surface area (Å²) in [4.78, 5) is 17.3. The van der Waals surface area contributed by atoms with E-state index in [9.17, 15) is 4.79 Å². The summed E-state index contributed by atoms with van der Waals surface area (Å²) >= 11 is 0. The number of nitrogens with zero attached hydrogens (tertiary/aromatic N) is 4. The second kappa shape index (κ2) is 3.75. The Labute approximate surface area is 81.9 Å². The molecule has 0 aromatic carbocycles. The number of amides is 1. The lowest BCUT2D eigenvalue weighted by Crippen LogP contribution is -2.47. The number of hydrogen-bond donors (Lipinski definition) is 1. The molecule has 0 saturated carbocycles. The third-order valence-corrected chi connectivity index (χ3v) is 2.32. The first-order valence-electron chi connectivity index (χ1n) is 4.59. The van der Waals surface area contributed by atoms with E-state index in [4.69, 9.17) is 0 Å². The van der Waals surface area contributed by atoms with Crippen LogP contribution in [0.25, 0.3) is 0 Å². The van der Waals surface area contributed by atoms with Crippen LogP contribution >= 0.6 is 0 Å². The number of carbonyl (C=O) groups excluding carboxylic acids is 1. The van der Waals surface area contributed by atoms with Crippen LogP contribution in [-0.2, 0) is 18.4 Å². The molecule has 2 heterocycles.